The minimum Gasteiger partial charge on any atom is -0.456 e. The molecule has 11 rings (SSSR count). The SMILES string of the molecule is CC.Clc1ccc2c(c1)-c1cc3oc4ccccc4c3cc1C21c2ccccc2C2(c3ccccc3-c3ccccc32)c2ccccc21. The van der Waals surface area contributed by atoms with Crippen LogP contribution in [0.3, 0.4) is 0 Å². The van der Waals surface area contributed by atoms with Crippen LogP contribution in [-0.4, -0.2) is 0 Å². The first-order chi connectivity index (χ1) is 23.7. The molecule has 0 fully saturated rings. The van der Waals surface area contributed by atoms with Crippen molar-refractivity contribution in [3.8, 4) is 22.3 Å². The molecule has 0 bridgehead atoms. The normalized spacial score (nSPS) is 14.9. The van der Waals surface area contributed by atoms with Gasteiger partial charge in [0, 0.05) is 15.8 Å². The lowest BCUT2D eigenvalue weighted by Gasteiger charge is -2.48. The maximum absolute atomic E-state index is 6.79. The first-order valence-corrected chi connectivity index (χ1v) is 17.3. The van der Waals surface area contributed by atoms with Gasteiger partial charge in [0.25, 0.3) is 0 Å². The van der Waals surface area contributed by atoms with E-state index < -0.39 is 10.8 Å². The summed E-state index contributed by atoms with van der Waals surface area (Å²) in [7, 11) is 0. The highest BCUT2D eigenvalue weighted by Gasteiger charge is 2.58. The van der Waals surface area contributed by atoms with Crippen molar-refractivity contribution in [2.24, 2.45) is 0 Å². The molecule has 0 saturated heterocycles. The third kappa shape index (κ3) is 3.14. The minimum absolute atomic E-state index is 0.451. The Balaban J connectivity index is 0.00000145. The standard InChI is InChI=1S/C44H25ClO.C2H6/c45-26-21-22-35-30(23-26)31-25-42-32(29-13-3-10-20-41(29)46-42)24-40(31)44(35)38-18-8-6-16-36(38)43(37-17-7-9-19-39(37)44)33-14-4-1-11-27(33)28-12-2-5-15-34(28)43;1-2/h1-25H;1-2H3. The van der Waals surface area contributed by atoms with Crippen molar-refractivity contribution in [2.45, 2.75) is 24.7 Å². The van der Waals surface area contributed by atoms with Crippen LogP contribution < -0.4 is 0 Å². The molecule has 0 unspecified atom stereocenters. The Morgan fingerprint density at radius 2 is 0.833 bits per heavy atom. The number of halogens is 1. The molecule has 48 heavy (non-hydrogen) atoms. The Morgan fingerprint density at radius 1 is 0.375 bits per heavy atom. The van der Waals surface area contributed by atoms with Crippen molar-refractivity contribution in [2.75, 3.05) is 0 Å². The van der Waals surface area contributed by atoms with Crippen molar-refractivity contribution < 1.29 is 4.42 Å². The van der Waals surface area contributed by atoms with Crippen LogP contribution in [0, 0.1) is 0 Å². The Morgan fingerprint density at radius 3 is 1.44 bits per heavy atom. The van der Waals surface area contributed by atoms with Gasteiger partial charge in [-0.1, -0.05) is 147 Å². The number of furan rings is 1. The highest BCUT2D eigenvalue weighted by molar-refractivity contribution is 6.31. The van der Waals surface area contributed by atoms with Crippen LogP contribution in [0.5, 0.6) is 0 Å². The molecular formula is C46H31ClO. The average molecular weight is 635 g/mol. The quantitative estimate of drug-likeness (QED) is 0.162. The zero-order chi connectivity index (χ0) is 32.2. The number of fused-ring (bicyclic) bond motifs is 19. The lowest BCUT2D eigenvalue weighted by molar-refractivity contribution is 0.632. The van der Waals surface area contributed by atoms with Crippen LogP contribution in [0.4, 0.5) is 0 Å². The summed E-state index contributed by atoms with van der Waals surface area (Å²) in [5.74, 6) is 0. The van der Waals surface area contributed by atoms with E-state index in [1.165, 1.54) is 61.2 Å². The zero-order valence-corrected chi connectivity index (χ0v) is 27.5. The minimum atomic E-state index is -0.549. The van der Waals surface area contributed by atoms with Crippen LogP contribution in [0.15, 0.2) is 156 Å². The Hall–Kier alpha value is -5.37. The lowest BCUT2D eigenvalue weighted by atomic mass is 9.52. The van der Waals surface area contributed by atoms with Gasteiger partial charge >= 0.3 is 0 Å². The number of benzene rings is 7. The molecule has 0 aliphatic heterocycles. The third-order valence-electron chi connectivity index (χ3n) is 11.0. The fraction of sp³-hybridized carbons (Fsp3) is 0.0870. The van der Waals surface area contributed by atoms with Gasteiger partial charge in [-0.25, -0.2) is 0 Å². The topological polar surface area (TPSA) is 13.1 Å². The maximum Gasteiger partial charge on any atom is 0.136 e. The predicted octanol–water partition coefficient (Wildman–Crippen LogP) is 12.3. The Bertz CT molecular complexity index is 2530. The number of para-hydroxylation sites is 1. The molecule has 2 spiro atoms. The van der Waals surface area contributed by atoms with E-state index in [4.69, 9.17) is 16.0 Å². The summed E-state index contributed by atoms with van der Waals surface area (Å²) in [6, 6.07) is 55.9. The Kier molecular flexibility index (Phi) is 5.67. The number of hydrogen-bond donors (Lipinski definition) is 0. The largest absolute Gasteiger partial charge is 0.456 e. The predicted molar refractivity (Wildman–Crippen MR) is 198 cm³/mol. The van der Waals surface area contributed by atoms with Gasteiger partial charge in [-0.2, -0.15) is 0 Å². The first-order valence-electron chi connectivity index (χ1n) is 16.9. The molecule has 0 atom stereocenters. The van der Waals surface area contributed by atoms with Gasteiger partial charge in [0.1, 0.15) is 11.2 Å². The summed E-state index contributed by atoms with van der Waals surface area (Å²) < 4.78 is 6.46. The van der Waals surface area contributed by atoms with Gasteiger partial charge in [0.05, 0.1) is 10.8 Å². The average Bonchev–Trinajstić information content (AvgIpc) is 3.76. The summed E-state index contributed by atoms with van der Waals surface area (Å²) >= 11 is 6.79. The van der Waals surface area contributed by atoms with Crippen LogP contribution >= 0.6 is 11.6 Å². The van der Waals surface area contributed by atoms with Gasteiger partial charge in [0.15, 0.2) is 0 Å². The van der Waals surface area contributed by atoms with E-state index in [0.717, 1.165) is 32.5 Å². The molecule has 228 valence electrons. The van der Waals surface area contributed by atoms with E-state index in [2.05, 4.69) is 146 Å². The molecule has 0 radical (unpaired) electrons. The van der Waals surface area contributed by atoms with Crippen molar-refractivity contribution in [3.63, 3.8) is 0 Å². The molecular weight excluding hydrogens is 604 g/mol. The molecule has 1 aromatic heterocycles. The smallest absolute Gasteiger partial charge is 0.136 e. The summed E-state index contributed by atoms with van der Waals surface area (Å²) in [5, 5.41) is 3.01. The summed E-state index contributed by atoms with van der Waals surface area (Å²) in [6.45, 7) is 4.00. The van der Waals surface area contributed by atoms with Crippen LogP contribution in [0.1, 0.15) is 58.4 Å². The van der Waals surface area contributed by atoms with E-state index >= 15 is 0 Å². The third-order valence-corrected chi connectivity index (χ3v) is 11.3. The van der Waals surface area contributed by atoms with Crippen molar-refractivity contribution in [1.29, 1.82) is 0 Å². The molecule has 8 aromatic rings. The first kappa shape index (κ1) is 27.7. The van der Waals surface area contributed by atoms with Gasteiger partial charge < -0.3 is 4.42 Å². The van der Waals surface area contributed by atoms with E-state index in [9.17, 15) is 0 Å². The molecule has 0 saturated carbocycles. The zero-order valence-electron chi connectivity index (χ0n) is 26.7. The van der Waals surface area contributed by atoms with E-state index in [1.807, 2.05) is 19.9 Å². The second-order valence-corrected chi connectivity index (χ2v) is 13.3. The highest BCUT2D eigenvalue weighted by atomic mass is 35.5. The van der Waals surface area contributed by atoms with E-state index in [0.29, 0.717) is 0 Å². The van der Waals surface area contributed by atoms with Gasteiger partial charge in [-0.15, -0.1) is 0 Å². The van der Waals surface area contributed by atoms with Crippen LogP contribution in [-0.2, 0) is 10.8 Å². The van der Waals surface area contributed by atoms with E-state index in [1.54, 1.807) is 0 Å². The number of rotatable bonds is 0. The van der Waals surface area contributed by atoms with E-state index in [-0.39, 0.29) is 0 Å². The lowest BCUT2D eigenvalue weighted by Crippen LogP contribution is -2.43. The van der Waals surface area contributed by atoms with Gasteiger partial charge in [-0.3, -0.25) is 0 Å². The molecule has 7 aromatic carbocycles. The second-order valence-electron chi connectivity index (χ2n) is 12.9. The fourth-order valence-corrected chi connectivity index (χ4v) is 9.65. The summed E-state index contributed by atoms with van der Waals surface area (Å²) in [6.07, 6.45) is 0. The fourth-order valence-electron chi connectivity index (χ4n) is 9.48. The van der Waals surface area contributed by atoms with Crippen molar-refractivity contribution in [3.05, 3.63) is 201 Å². The van der Waals surface area contributed by atoms with Crippen molar-refractivity contribution in [1.82, 2.24) is 0 Å². The van der Waals surface area contributed by atoms with Crippen molar-refractivity contribution >= 4 is 33.5 Å². The molecule has 3 aliphatic carbocycles. The van der Waals surface area contributed by atoms with Crippen LogP contribution in [0.2, 0.25) is 5.02 Å². The summed E-state index contributed by atoms with van der Waals surface area (Å²) in [4.78, 5) is 0. The summed E-state index contributed by atoms with van der Waals surface area (Å²) in [5.41, 5.74) is 16.3. The molecule has 0 N–H and O–H groups in total. The highest BCUT2D eigenvalue weighted by Crippen LogP contribution is 2.67. The Labute approximate surface area is 285 Å². The molecule has 1 heterocycles. The van der Waals surface area contributed by atoms with Crippen LogP contribution in [0.25, 0.3) is 44.2 Å². The van der Waals surface area contributed by atoms with Gasteiger partial charge in [0.2, 0.25) is 0 Å². The molecule has 0 amide bonds. The molecule has 1 nitrogen and oxygen atoms in total. The maximum atomic E-state index is 6.79. The monoisotopic (exact) mass is 634 g/mol. The molecule has 2 heteroatoms. The molecule has 3 aliphatic rings. The number of hydrogen-bond acceptors (Lipinski definition) is 1. The van der Waals surface area contributed by atoms with Gasteiger partial charge in [-0.05, 0) is 97.1 Å². The second kappa shape index (κ2) is 9.83.